The number of carbonyl (C=O) groups excluding carboxylic acids is 1. The fourth-order valence-electron chi connectivity index (χ4n) is 3.23. The van der Waals surface area contributed by atoms with Gasteiger partial charge in [0, 0.05) is 24.3 Å². The fourth-order valence-corrected chi connectivity index (χ4v) is 3.23. The minimum Gasteiger partial charge on any atom is -0.490 e. The lowest BCUT2D eigenvalue weighted by Gasteiger charge is -2.15. The number of hydrogen-bond acceptors (Lipinski definition) is 9. The molecule has 2 N–H and O–H groups in total. The average Bonchev–Trinajstić information content (AvgIpc) is 2.80. The van der Waals surface area contributed by atoms with E-state index in [4.69, 9.17) is 23.4 Å². The Bertz CT molecular complexity index is 1540. The second kappa shape index (κ2) is 9.16. The van der Waals surface area contributed by atoms with Crippen LogP contribution in [0.1, 0.15) is 21.1 Å². The van der Waals surface area contributed by atoms with Crippen LogP contribution < -0.4 is 20.3 Å². The number of carboxylic acid groups (broad SMARTS) is 1. The van der Waals surface area contributed by atoms with E-state index >= 15 is 0 Å². The predicted molar refractivity (Wildman–Crippen MR) is 114 cm³/mol. The van der Waals surface area contributed by atoms with Crippen LogP contribution in [0.15, 0.2) is 60.9 Å². The van der Waals surface area contributed by atoms with Crippen LogP contribution in [0, 0.1) is 5.82 Å². The minimum absolute atomic E-state index is 0.0733. The van der Waals surface area contributed by atoms with Gasteiger partial charge in [-0.2, -0.15) is 0 Å². The molecule has 1 atom stereocenters. The number of fused-ring (bicyclic) bond motifs is 2. The molecule has 11 heteroatoms. The molecule has 4 rings (SSSR count). The van der Waals surface area contributed by atoms with Crippen molar-refractivity contribution < 1.29 is 42.5 Å². The maximum absolute atomic E-state index is 14.0. The normalized spacial score (nSPS) is 11.9. The maximum atomic E-state index is 14.0. The van der Waals surface area contributed by atoms with Crippen LogP contribution in [-0.4, -0.2) is 41.8 Å². The molecule has 0 saturated heterocycles. The number of halogens is 1. The van der Waals surface area contributed by atoms with Gasteiger partial charge in [-0.15, -0.1) is 0 Å². The summed E-state index contributed by atoms with van der Waals surface area (Å²) in [5, 5.41) is 19.1. The van der Waals surface area contributed by atoms with Crippen LogP contribution in [0.5, 0.6) is 11.5 Å². The summed E-state index contributed by atoms with van der Waals surface area (Å²) in [6, 6.07) is 7.97. The maximum Gasteiger partial charge on any atom is 0.371 e. The van der Waals surface area contributed by atoms with E-state index in [0.717, 1.165) is 24.3 Å². The third-order valence-electron chi connectivity index (χ3n) is 4.68. The average molecular weight is 470 g/mol. The summed E-state index contributed by atoms with van der Waals surface area (Å²) in [5.41, 5.74) is -1.49. The fraction of sp³-hybridized carbons (Fsp3) is 0.130. The van der Waals surface area contributed by atoms with Gasteiger partial charge >= 0.3 is 5.97 Å². The van der Waals surface area contributed by atoms with E-state index in [9.17, 15) is 28.7 Å². The Labute approximate surface area is 188 Å². The molecular formula is C23H15FO10. The van der Waals surface area contributed by atoms with E-state index in [1.54, 1.807) is 0 Å². The molecule has 0 aliphatic rings. The first-order chi connectivity index (χ1) is 16.3. The highest BCUT2D eigenvalue weighted by Crippen LogP contribution is 2.26. The molecule has 0 bridgehead atoms. The van der Waals surface area contributed by atoms with Gasteiger partial charge in [-0.1, -0.05) is 6.07 Å². The van der Waals surface area contributed by atoms with Crippen molar-refractivity contribution in [3.8, 4) is 11.5 Å². The Morgan fingerprint density at radius 1 is 0.971 bits per heavy atom. The van der Waals surface area contributed by atoms with Gasteiger partial charge in [0.25, 0.3) is 0 Å². The molecule has 0 amide bonds. The highest BCUT2D eigenvalue weighted by atomic mass is 19.1. The first-order valence-corrected chi connectivity index (χ1v) is 9.73. The highest BCUT2D eigenvalue weighted by Gasteiger charge is 2.18. The molecule has 1 unspecified atom stereocenters. The zero-order valence-corrected chi connectivity index (χ0v) is 17.1. The molecule has 2 heterocycles. The van der Waals surface area contributed by atoms with Gasteiger partial charge < -0.3 is 28.5 Å². The third kappa shape index (κ3) is 4.50. The lowest BCUT2D eigenvalue weighted by atomic mass is 10.2. The van der Waals surface area contributed by atoms with Crippen molar-refractivity contribution in [2.45, 2.75) is 6.10 Å². The molecule has 0 spiro atoms. The number of rotatable bonds is 8. The summed E-state index contributed by atoms with van der Waals surface area (Å²) < 4.78 is 35.2. The predicted octanol–water partition coefficient (Wildman–Crippen LogP) is 2.37. The van der Waals surface area contributed by atoms with E-state index in [1.807, 2.05) is 0 Å². The summed E-state index contributed by atoms with van der Waals surface area (Å²) in [5.74, 6) is -3.32. The van der Waals surface area contributed by atoms with E-state index in [-0.39, 0.29) is 45.8 Å². The summed E-state index contributed by atoms with van der Waals surface area (Å²) in [6.07, 6.45) is -0.880. The molecule has 2 aromatic carbocycles. The quantitative estimate of drug-likeness (QED) is 0.367. The molecule has 174 valence electrons. The largest absolute Gasteiger partial charge is 0.490 e. The minimum atomic E-state index is -1.50. The zero-order chi connectivity index (χ0) is 24.4. The Morgan fingerprint density at radius 3 is 2.35 bits per heavy atom. The molecule has 0 aliphatic heterocycles. The number of carboxylic acids is 1. The van der Waals surface area contributed by atoms with Gasteiger partial charge in [-0.25, -0.2) is 9.18 Å². The first-order valence-electron chi connectivity index (χ1n) is 9.73. The Morgan fingerprint density at radius 2 is 1.65 bits per heavy atom. The number of aliphatic hydroxyl groups is 1. The van der Waals surface area contributed by atoms with Gasteiger partial charge in [-0.05, 0) is 12.1 Å². The van der Waals surface area contributed by atoms with Crippen LogP contribution in [0.25, 0.3) is 21.9 Å². The summed E-state index contributed by atoms with van der Waals surface area (Å²) in [7, 11) is 0. The van der Waals surface area contributed by atoms with Crippen molar-refractivity contribution in [3.05, 3.63) is 80.2 Å². The van der Waals surface area contributed by atoms with Gasteiger partial charge in [0.15, 0.2) is 22.9 Å². The van der Waals surface area contributed by atoms with Crippen LogP contribution in [0.4, 0.5) is 4.39 Å². The van der Waals surface area contributed by atoms with Crippen molar-refractivity contribution in [2.75, 3.05) is 13.2 Å². The summed E-state index contributed by atoms with van der Waals surface area (Å²) >= 11 is 0. The van der Waals surface area contributed by atoms with Crippen molar-refractivity contribution >= 4 is 34.2 Å². The van der Waals surface area contributed by atoms with Crippen LogP contribution in [0.2, 0.25) is 0 Å². The molecule has 10 nitrogen and oxygen atoms in total. The van der Waals surface area contributed by atoms with E-state index in [2.05, 4.69) is 0 Å². The van der Waals surface area contributed by atoms with E-state index in [1.165, 1.54) is 18.2 Å². The lowest BCUT2D eigenvalue weighted by molar-refractivity contribution is 0.0635. The van der Waals surface area contributed by atoms with Gasteiger partial charge in [0.1, 0.15) is 58.6 Å². The smallest absolute Gasteiger partial charge is 0.371 e. The monoisotopic (exact) mass is 470 g/mol. The number of aldehydes is 1. The Hall–Kier alpha value is -4.51. The zero-order valence-electron chi connectivity index (χ0n) is 17.1. The van der Waals surface area contributed by atoms with Crippen molar-refractivity contribution in [3.63, 3.8) is 0 Å². The summed E-state index contributed by atoms with van der Waals surface area (Å²) in [4.78, 5) is 46.5. The molecule has 34 heavy (non-hydrogen) atoms. The van der Waals surface area contributed by atoms with Crippen molar-refractivity contribution in [1.29, 1.82) is 0 Å². The number of aliphatic hydroxyl groups excluding tert-OH is 1. The van der Waals surface area contributed by atoms with Crippen LogP contribution in [-0.2, 0) is 0 Å². The molecule has 0 aliphatic carbocycles. The van der Waals surface area contributed by atoms with Gasteiger partial charge in [-0.3, -0.25) is 14.4 Å². The lowest BCUT2D eigenvalue weighted by Crippen LogP contribution is -2.25. The van der Waals surface area contributed by atoms with Crippen molar-refractivity contribution in [2.24, 2.45) is 0 Å². The second-order valence-electron chi connectivity index (χ2n) is 7.09. The molecule has 4 aromatic rings. The van der Waals surface area contributed by atoms with Crippen molar-refractivity contribution in [1.82, 2.24) is 0 Å². The molecule has 0 radical (unpaired) electrons. The third-order valence-corrected chi connectivity index (χ3v) is 4.68. The first kappa shape index (κ1) is 22.7. The molecule has 0 saturated carbocycles. The van der Waals surface area contributed by atoms with E-state index < -0.39 is 41.1 Å². The summed E-state index contributed by atoms with van der Waals surface area (Å²) in [6.45, 7) is -0.785. The molecule has 0 fully saturated rings. The SMILES string of the molecule is O=Cc1cc(=O)c2c(OCC(O)COc3cc(F)cc4oc(C(=O)O)cc(=O)c34)cccc2o1. The highest BCUT2D eigenvalue weighted by molar-refractivity contribution is 5.89. The number of hydrogen-bond donors (Lipinski definition) is 2. The number of benzene rings is 2. The van der Waals surface area contributed by atoms with Gasteiger partial charge in [0.2, 0.25) is 5.76 Å². The Kier molecular flexibility index (Phi) is 6.11. The van der Waals surface area contributed by atoms with E-state index in [0.29, 0.717) is 6.29 Å². The van der Waals surface area contributed by atoms with Crippen LogP contribution in [0.3, 0.4) is 0 Å². The molecular weight excluding hydrogens is 455 g/mol. The van der Waals surface area contributed by atoms with Crippen LogP contribution >= 0.6 is 0 Å². The Balaban J connectivity index is 1.52. The van der Waals surface area contributed by atoms with Gasteiger partial charge in [0.05, 0.1) is 0 Å². The number of aromatic carboxylic acids is 1. The topological polar surface area (TPSA) is 153 Å². The number of carbonyl (C=O) groups is 2. The second-order valence-corrected chi connectivity index (χ2v) is 7.09. The number of ether oxygens (including phenoxy) is 2. The molecule has 2 aromatic heterocycles. The standard InChI is InChI=1S/C23H15FO10/c24-11-4-18(22-15(28)7-20(23(29)30)34-19(22)5-11)32-10-12(26)9-31-16-2-1-3-17-21(16)14(27)6-13(8-25)33-17/h1-8,12,26H,9-10H2,(H,29,30).